The van der Waals surface area contributed by atoms with Gasteiger partial charge in [0.25, 0.3) is 5.56 Å². The topological polar surface area (TPSA) is 134 Å². The zero-order valence-electron chi connectivity index (χ0n) is 24.8. The first kappa shape index (κ1) is 31.0. The Bertz CT molecular complexity index is 1640. The molecular formula is C32H36N4O7S. The number of ether oxygens (including phenoxy) is 3. The minimum absolute atomic E-state index is 0.0241. The van der Waals surface area contributed by atoms with Gasteiger partial charge in [-0.05, 0) is 55.2 Å². The summed E-state index contributed by atoms with van der Waals surface area (Å²) in [6.45, 7) is 3.14. The number of fused-ring (bicyclic) bond motifs is 2. The van der Waals surface area contributed by atoms with Crippen LogP contribution in [0.3, 0.4) is 0 Å². The molecule has 2 aromatic carbocycles. The van der Waals surface area contributed by atoms with Crippen LogP contribution in [-0.2, 0) is 29.2 Å². The fourth-order valence-corrected chi connectivity index (χ4v) is 5.86. The molecule has 0 saturated carbocycles. The van der Waals surface area contributed by atoms with Crippen LogP contribution in [0.4, 0.5) is 0 Å². The van der Waals surface area contributed by atoms with Crippen molar-refractivity contribution in [1.29, 1.82) is 0 Å². The zero-order valence-corrected chi connectivity index (χ0v) is 25.6. The monoisotopic (exact) mass is 620 g/mol. The van der Waals surface area contributed by atoms with Gasteiger partial charge in [0.05, 0.1) is 36.1 Å². The van der Waals surface area contributed by atoms with Gasteiger partial charge in [-0.3, -0.25) is 19.0 Å². The lowest BCUT2D eigenvalue weighted by Gasteiger charge is -2.18. The molecule has 0 radical (unpaired) electrons. The van der Waals surface area contributed by atoms with Gasteiger partial charge in [0.1, 0.15) is 11.5 Å². The summed E-state index contributed by atoms with van der Waals surface area (Å²) in [6.07, 6.45) is 4.57. The molecule has 4 aromatic rings. The fraction of sp³-hybridized carbons (Fsp3) is 0.375. The van der Waals surface area contributed by atoms with E-state index in [4.69, 9.17) is 23.6 Å². The van der Waals surface area contributed by atoms with Gasteiger partial charge in [0.2, 0.25) is 18.6 Å². The van der Waals surface area contributed by atoms with Crippen LogP contribution in [0.5, 0.6) is 17.2 Å². The number of unbranched alkanes of at least 4 members (excludes halogenated alkanes) is 2. The average molecular weight is 621 g/mol. The minimum atomic E-state index is -0.469. The molecule has 12 heteroatoms. The molecule has 2 aromatic heterocycles. The van der Waals surface area contributed by atoms with Gasteiger partial charge in [-0.1, -0.05) is 37.2 Å². The number of hydrogen-bond donors (Lipinski definition) is 2. The molecule has 0 saturated heterocycles. The van der Waals surface area contributed by atoms with Crippen LogP contribution in [0.25, 0.3) is 10.9 Å². The molecule has 0 bridgehead atoms. The second-order valence-electron chi connectivity index (χ2n) is 10.3. The second-order valence-corrected chi connectivity index (χ2v) is 11.5. The molecular weight excluding hydrogens is 584 g/mol. The van der Waals surface area contributed by atoms with Gasteiger partial charge < -0.3 is 29.3 Å². The lowest BCUT2D eigenvalue weighted by Crippen LogP contribution is -2.33. The number of nitrogens with one attached hydrogen (secondary N) is 2. The van der Waals surface area contributed by atoms with E-state index in [9.17, 15) is 14.4 Å². The van der Waals surface area contributed by atoms with Crippen molar-refractivity contribution in [1.82, 2.24) is 20.2 Å². The Morgan fingerprint density at radius 3 is 2.57 bits per heavy atom. The predicted octanol–water partition coefficient (Wildman–Crippen LogP) is 4.79. The highest BCUT2D eigenvalue weighted by molar-refractivity contribution is 8.00. The number of carbonyl (C=O) groups is 2. The summed E-state index contributed by atoms with van der Waals surface area (Å²) in [4.78, 5) is 44.0. The number of amides is 2. The molecule has 2 N–H and O–H groups in total. The Labute approximate surface area is 259 Å². The maximum atomic E-state index is 13.7. The van der Waals surface area contributed by atoms with E-state index < -0.39 is 5.25 Å². The van der Waals surface area contributed by atoms with E-state index in [1.54, 1.807) is 42.2 Å². The largest absolute Gasteiger partial charge is 0.497 e. The summed E-state index contributed by atoms with van der Waals surface area (Å²) in [5.74, 6) is 2.28. The minimum Gasteiger partial charge on any atom is -0.497 e. The fourth-order valence-electron chi connectivity index (χ4n) is 4.79. The van der Waals surface area contributed by atoms with Gasteiger partial charge >= 0.3 is 0 Å². The number of thioether (sulfide) groups is 1. The Kier molecular flexibility index (Phi) is 10.4. The summed E-state index contributed by atoms with van der Waals surface area (Å²) in [6, 6.07) is 14.5. The first-order chi connectivity index (χ1) is 21.4. The molecule has 0 spiro atoms. The van der Waals surface area contributed by atoms with Crippen LogP contribution in [0.2, 0.25) is 0 Å². The third-order valence-electron chi connectivity index (χ3n) is 7.28. The van der Waals surface area contributed by atoms with Crippen molar-refractivity contribution < 1.29 is 28.2 Å². The zero-order chi connectivity index (χ0) is 30.9. The van der Waals surface area contributed by atoms with E-state index in [-0.39, 0.29) is 30.7 Å². The number of furan rings is 1. The standard InChI is InChI=1S/C32H36N4O7S/c1-3-28(30(38)34-19-23-8-7-15-41-23)44-32-35-25-17-27-26(42-20-43-27)16-24(25)31(39)36(32)14-6-4-5-9-29(37)33-18-21-10-12-22(40-2)13-11-21/h7-8,10-13,15-17,28H,3-6,9,14,18-20H2,1-2H3,(H,33,37)(H,34,38)/t28-/m1/s1. The molecule has 232 valence electrons. The van der Waals surface area contributed by atoms with Crippen LogP contribution >= 0.6 is 11.8 Å². The molecule has 1 aliphatic heterocycles. The van der Waals surface area contributed by atoms with Gasteiger partial charge in [0.15, 0.2) is 16.7 Å². The van der Waals surface area contributed by atoms with E-state index in [1.807, 2.05) is 31.2 Å². The van der Waals surface area contributed by atoms with E-state index in [0.717, 1.165) is 17.7 Å². The maximum absolute atomic E-state index is 13.7. The molecule has 11 nitrogen and oxygen atoms in total. The lowest BCUT2D eigenvalue weighted by molar-refractivity contribution is -0.122. The van der Waals surface area contributed by atoms with Crippen LogP contribution in [-0.4, -0.2) is 40.5 Å². The van der Waals surface area contributed by atoms with Gasteiger partial charge in [-0.25, -0.2) is 4.98 Å². The van der Waals surface area contributed by atoms with E-state index in [2.05, 4.69) is 10.6 Å². The SMILES string of the molecule is CC[C@@H](Sc1nc2cc3c(cc2c(=O)n1CCCCCC(=O)NCc1ccc(OC)cc1)OCO3)C(=O)NCc1ccco1. The molecule has 0 unspecified atom stereocenters. The third-order valence-corrected chi connectivity index (χ3v) is 8.63. The molecule has 0 aliphatic carbocycles. The van der Waals surface area contributed by atoms with E-state index >= 15 is 0 Å². The summed E-state index contributed by atoms with van der Waals surface area (Å²) in [5, 5.41) is 6.27. The first-order valence-electron chi connectivity index (χ1n) is 14.7. The highest BCUT2D eigenvalue weighted by atomic mass is 32.2. The van der Waals surface area contributed by atoms with Gasteiger partial charge in [-0.2, -0.15) is 0 Å². The van der Waals surface area contributed by atoms with Gasteiger partial charge in [0, 0.05) is 25.6 Å². The summed E-state index contributed by atoms with van der Waals surface area (Å²) in [7, 11) is 1.62. The molecule has 1 atom stereocenters. The molecule has 2 amide bonds. The smallest absolute Gasteiger partial charge is 0.262 e. The van der Waals surface area contributed by atoms with E-state index in [0.29, 0.717) is 72.1 Å². The van der Waals surface area contributed by atoms with Crippen molar-refractivity contribution in [3.8, 4) is 17.2 Å². The van der Waals surface area contributed by atoms with Crippen molar-refractivity contribution in [3.05, 3.63) is 76.5 Å². The first-order valence-corrected chi connectivity index (χ1v) is 15.5. The Morgan fingerprint density at radius 1 is 1.05 bits per heavy atom. The number of hydrogen-bond acceptors (Lipinski definition) is 9. The highest BCUT2D eigenvalue weighted by Gasteiger charge is 2.24. The van der Waals surface area contributed by atoms with Crippen molar-refractivity contribution in [3.63, 3.8) is 0 Å². The number of rotatable bonds is 15. The molecule has 5 rings (SSSR count). The normalized spacial score (nSPS) is 12.7. The Morgan fingerprint density at radius 2 is 1.84 bits per heavy atom. The van der Waals surface area contributed by atoms with Crippen molar-refractivity contribution in [2.45, 2.75) is 69.1 Å². The van der Waals surface area contributed by atoms with E-state index in [1.165, 1.54) is 11.8 Å². The van der Waals surface area contributed by atoms with Crippen LogP contribution in [0.1, 0.15) is 50.4 Å². The second kappa shape index (κ2) is 14.8. The number of methoxy groups -OCH3 is 1. The molecule has 3 heterocycles. The van der Waals surface area contributed by atoms with Crippen molar-refractivity contribution in [2.24, 2.45) is 0 Å². The highest BCUT2D eigenvalue weighted by Crippen LogP contribution is 2.35. The predicted molar refractivity (Wildman–Crippen MR) is 166 cm³/mol. The molecule has 1 aliphatic rings. The number of nitrogens with zero attached hydrogens (tertiary/aromatic N) is 2. The summed E-state index contributed by atoms with van der Waals surface area (Å²) in [5.41, 5.74) is 1.27. The third kappa shape index (κ3) is 7.73. The maximum Gasteiger partial charge on any atom is 0.262 e. The summed E-state index contributed by atoms with van der Waals surface area (Å²) >= 11 is 1.26. The van der Waals surface area contributed by atoms with Gasteiger partial charge in [-0.15, -0.1) is 0 Å². The lowest BCUT2D eigenvalue weighted by atomic mass is 10.1. The van der Waals surface area contributed by atoms with Crippen molar-refractivity contribution in [2.75, 3.05) is 13.9 Å². The van der Waals surface area contributed by atoms with Crippen LogP contribution < -0.4 is 30.4 Å². The molecule has 0 fully saturated rings. The number of benzene rings is 2. The van der Waals surface area contributed by atoms with Crippen LogP contribution in [0.15, 0.2) is 69.2 Å². The average Bonchev–Trinajstić information content (AvgIpc) is 3.74. The van der Waals surface area contributed by atoms with Crippen molar-refractivity contribution >= 4 is 34.5 Å². The molecule has 44 heavy (non-hydrogen) atoms. The number of carbonyl (C=O) groups excluding carboxylic acids is 2. The Balaban J connectivity index is 1.22. The van der Waals surface area contributed by atoms with Crippen LogP contribution in [0, 0.1) is 0 Å². The quantitative estimate of drug-likeness (QED) is 0.109. The Hall–Kier alpha value is -4.45. The number of aromatic nitrogens is 2. The summed E-state index contributed by atoms with van der Waals surface area (Å²) < 4.78 is 23.1.